The Morgan fingerprint density at radius 1 is 1.20 bits per heavy atom. The van der Waals surface area contributed by atoms with E-state index in [0.717, 1.165) is 25.4 Å². The van der Waals surface area contributed by atoms with Crippen molar-refractivity contribution < 1.29 is 13.9 Å². The summed E-state index contributed by atoms with van der Waals surface area (Å²) >= 11 is 0. The molecule has 0 saturated carbocycles. The summed E-state index contributed by atoms with van der Waals surface area (Å²) in [5.41, 5.74) is 1.28. The van der Waals surface area contributed by atoms with E-state index in [4.69, 9.17) is 14.4 Å². The first-order chi connectivity index (χ1) is 12.2. The number of benzene rings is 1. The van der Waals surface area contributed by atoms with Crippen LogP contribution in [0.5, 0.6) is 5.75 Å². The van der Waals surface area contributed by atoms with Gasteiger partial charge in [-0.2, -0.15) is 5.26 Å². The quantitative estimate of drug-likeness (QED) is 0.836. The van der Waals surface area contributed by atoms with E-state index in [0.29, 0.717) is 36.6 Å². The highest BCUT2D eigenvalue weighted by Crippen LogP contribution is 2.14. The van der Waals surface area contributed by atoms with Crippen molar-refractivity contribution in [3.05, 3.63) is 53.5 Å². The fraction of sp³-hybridized carbons (Fsp3) is 0.368. The number of rotatable bonds is 5. The van der Waals surface area contributed by atoms with Crippen LogP contribution in [0.2, 0.25) is 0 Å². The number of nitrogens with zero attached hydrogens (tertiary/aromatic N) is 3. The second-order valence-electron chi connectivity index (χ2n) is 6.01. The molecule has 0 spiro atoms. The first kappa shape index (κ1) is 17.1. The van der Waals surface area contributed by atoms with Crippen molar-refractivity contribution in [1.82, 2.24) is 9.80 Å². The van der Waals surface area contributed by atoms with E-state index in [9.17, 15) is 4.79 Å². The van der Waals surface area contributed by atoms with Crippen LogP contribution >= 0.6 is 0 Å². The zero-order chi connectivity index (χ0) is 17.6. The van der Waals surface area contributed by atoms with E-state index in [2.05, 4.69) is 11.0 Å². The molecule has 1 aromatic carbocycles. The largest absolute Gasteiger partial charge is 0.492 e. The predicted molar refractivity (Wildman–Crippen MR) is 92.4 cm³/mol. The molecule has 6 heteroatoms. The SMILES string of the molecule is Cc1occc1C(=O)N1CCN(CCOc2ccc(C#N)cc2)CC1. The molecule has 1 amide bonds. The summed E-state index contributed by atoms with van der Waals surface area (Å²) in [5.74, 6) is 1.48. The number of piperazine rings is 1. The third kappa shape index (κ3) is 4.20. The highest BCUT2D eigenvalue weighted by molar-refractivity contribution is 5.95. The number of ether oxygens (including phenoxy) is 1. The average molecular weight is 339 g/mol. The number of nitriles is 1. The van der Waals surface area contributed by atoms with Crippen molar-refractivity contribution in [3.63, 3.8) is 0 Å². The van der Waals surface area contributed by atoms with Gasteiger partial charge in [-0.15, -0.1) is 0 Å². The zero-order valence-corrected chi connectivity index (χ0v) is 14.3. The van der Waals surface area contributed by atoms with Crippen molar-refractivity contribution in [2.75, 3.05) is 39.3 Å². The van der Waals surface area contributed by atoms with Gasteiger partial charge in [0.1, 0.15) is 18.1 Å². The Hall–Kier alpha value is -2.78. The Balaban J connectivity index is 1.41. The maximum Gasteiger partial charge on any atom is 0.257 e. The number of aryl methyl sites for hydroxylation is 1. The second kappa shape index (κ2) is 7.86. The monoisotopic (exact) mass is 339 g/mol. The molecule has 1 fully saturated rings. The Labute approximate surface area is 147 Å². The molecule has 2 aromatic rings. The molecule has 0 atom stereocenters. The molecule has 0 unspecified atom stereocenters. The number of hydrogen-bond acceptors (Lipinski definition) is 5. The van der Waals surface area contributed by atoms with Crippen LogP contribution in [0.15, 0.2) is 41.0 Å². The normalized spacial score (nSPS) is 15.0. The van der Waals surface area contributed by atoms with Crippen LogP contribution in [0.4, 0.5) is 0 Å². The summed E-state index contributed by atoms with van der Waals surface area (Å²) in [6, 6.07) is 10.9. The topological polar surface area (TPSA) is 69.7 Å². The molecule has 0 radical (unpaired) electrons. The first-order valence-electron chi connectivity index (χ1n) is 8.36. The summed E-state index contributed by atoms with van der Waals surface area (Å²) in [6.45, 7) is 6.29. The molecule has 1 saturated heterocycles. The third-order valence-electron chi connectivity index (χ3n) is 4.41. The van der Waals surface area contributed by atoms with Gasteiger partial charge in [0, 0.05) is 32.7 Å². The van der Waals surface area contributed by atoms with Crippen LogP contribution in [0.25, 0.3) is 0 Å². The molecule has 1 aliphatic heterocycles. The van der Waals surface area contributed by atoms with Crippen molar-refractivity contribution in [3.8, 4) is 11.8 Å². The van der Waals surface area contributed by atoms with E-state index in [1.807, 2.05) is 24.0 Å². The lowest BCUT2D eigenvalue weighted by atomic mass is 10.2. The van der Waals surface area contributed by atoms with E-state index in [1.54, 1.807) is 24.5 Å². The van der Waals surface area contributed by atoms with Gasteiger partial charge in [0.25, 0.3) is 5.91 Å². The average Bonchev–Trinajstić information content (AvgIpc) is 3.08. The fourth-order valence-corrected chi connectivity index (χ4v) is 2.87. The van der Waals surface area contributed by atoms with E-state index >= 15 is 0 Å². The van der Waals surface area contributed by atoms with Gasteiger partial charge in [0.2, 0.25) is 0 Å². The molecule has 0 aliphatic carbocycles. The summed E-state index contributed by atoms with van der Waals surface area (Å²) in [4.78, 5) is 16.6. The maximum atomic E-state index is 12.4. The van der Waals surface area contributed by atoms with E-state index in [1.165, 1.54) is 0 Å². The van der Waals surface area contributed by atoms with Crippen LogP contribution in [0, 0.1) is 18.3 Å². The van der Waals surface area contributed by atoms with Crippen LogP contribution in [-0.4, -0.2) is 55.0 Å². The molecule has 3 rings (SSSR count). The fourth-order valence-electron chi connectivity index (χ4n) is 2.87. The predicted octanol–water partition coefficient (Wildman–Crippen LogP) is 2.30. The minimum Gasteiger partial charge on any atom is -0.492 e. The van der Waals surface area contributed by atoms with Crippen molar-refractivity contribution in [2.45, 2.75) is 6.92 Å². The molecule has 0 bridgehead atoms. The van der Waals surface area contributed by atoms with Gasteiger partial charge >= 0.3 is 0 Å². The lowest BCUT2D eigenvalue weighted by molar-refractivity contribution is 0.0618. The van der Waals surface area contributed by atoms with Crippen LogP contribution in [0.1, 0.15) is 21.7 Å². The highest BCUT2D eigenvalue weighted by atomic mass is 16.5. The summed E-state index contributed by atoms with van der Waals surface area (Å²) in [7, 11) is 0. The van der Waals surface area contributed by atoms with Gasteiger partial charge in [-0.05, 0) is 37.3 Å². The van der Waals surface area contributed by atoms with Crippen molar-refractivity contribution >= 4 is 5.91 Å². The zero-order valence-electron chi connectivity index (χ0n) is 14.3. The van der Waals surface area contributed by atoms with Crippen LogP contribution in [0.3, 0.4) is 0 Å². The van der Waals surface area contributed by atoms with Gasteiger partial charge < -0.3 is 14.1 Å². The van der Waals surface area contributed by atoms with Crippen LogP contribution < -0.4 is 4.74 Å². The van der Waals surface area contributed by atoms with Gasteiger partial charge in [-0.1, -0.05) is 0 Å². The molecule has 0 N–H and O–H groups in total. The molecule has 1 aromatic heterocycles. The molecule has 2 heterocycles. The van der Waals surface area contributed by atoms with E-state index < -0.39 is 0 Å². The summed E-state index contributed by atoms with van der Waals surface area (Å²) in [6.07, 6.45) is 1.55. The number of carbonyl (C=O) groups is 1. The van der Waals surface area contributed by atoms with Crippen LogP contribution in [-0.2, 0) is 0 Å². The molecule has 6 nitrogen and oxygen atoms in total. The Morgan fingerprint density at radius 2 is 1.92 bits per heavy atom. The smallest absolute Gasteiger partial charge is 0.257 e. The van der Waals surface area contributed by atoms with Gasteiger partial charge in [-0.3, -0.25) is 9.69 Å². The lowest BCUT2D eigenvalue weighted by Crippen LogP contribution is -2.49. The molecule has 25 heavy (non-hydrogen) atoms. The maximum absolute atomic E-state index is 12.4. The summed E-state index contributed by atoms with van der Waals surface area (Å²) < 4.78 is 10.9. The number of furan rings is 1. The Kier molecular flexibility index (Phi) is 5.36. The first-order valence-corrected chi connectivity index (χ1v) is 8.36. The number of amides is 1. The standard InChI is InChI=1S/C19H21N3O3/c1-15-18(6-12-24-15)19(23)22-9-7-21(8-10-22)11-13-25-17-4-2-16(14-20)3-5-17/h2-6,12H,7-11,13H2,1H3. The lowest BCUT2D eigenvalue weighted by Gasteiger charge is -2.34. The van der Waals surface area contributed by atoms with E-state index in [-0.39, 0.29) is 5.91 Å². The van der Waals surface area contributed by atoms with Gasteiger partial charge in [-0.25, -0.2) is 0 Å². The second-order valence-corrected chi connectivity index (χ2v) is 6.01. The molecule has 1 aliphatic rings. The Bertz CT molecular complexity index is 753. The van der Waals surface area contributed by atoms with Gasteiger partial charge in [0.05, 0.1) is 23.5 Å². The Morgan fingerprint density at radius 3 is 2.52 bits per heavy atom. The van der Waals surface area contributed by atoms with Crippen molar-refractivity contribution in [1.29, 1.82) is 5.26 Å². The summed E-state index contributed by atoms with van der Waals surface area (Å²) in [5, 5.41) is 8.78. The molecular weight excluding hydrogens is 318 g/mol. The minimum atomic E-state index is 0.0414. The third-order valence-corrected chi connectivity index (χ3v) is 4.41. The number of hydrogen-bond donors (Lipinski definition) is 0. The minimum absolute atomic E-state index is 0.0414. The van der Waals surface area contributed by atoms with Gasteiger partial charge in [0.15, 0.2) is 0 Å². The molecular formula is C19H21N3O3. The number of carbonyl (C=O) groups excluding carboxylic acids is 1. The van der Waals surface area contributed by atoms with Crippen molar-refractivity contribution in [2.24, 2.45) is 0 Å². The molecule has 130 valence electrons. The highest BCUT2D eigenvalue weighted by Gasteiger charge is 2.23.